The minimum absolute atomic E-state index is 0.0155. The van der Waals surface area contributed by atoms with Gasteiger partial charge >= 0.3 is 12.3 Å². The Labute approximate surface area is 158 Å². The molecule has 1 heterocycles. The Balaban J connectivity index is 1.69. The molecular formula is C17H10F5N3O4. The molecule has 0 aliphatic rings. The fourth-order valence-corrected chi connectivity index (χ4v) is 2.25. The molecule has 1 aromatic heterocycles. The highest BCUT2D eigenvalue weighted by Crippen LogP contribution is 2.25. The molecule has 152 valence electrons. The number of carbonyl (C=O) groups is 1. The third-order valence-electron chi connectivity index (χ3n) is 3.46. The number of carboxylic acids is 1. The molecule has 3 rings (SSSR count). The average molecular weight is 415 g/mol. The summed E-state index contributed by atoms with van der Waals surface area (Å²) < 4.78 is 74.1. The summed E-state index contributed by atoms with van der Waals surface area (Å²) in [6.45, 7) is -0.442. The van der Waals surface area contributed by atoms with Gasteiger partial charge in [-0.3, -0.25) is 0 Å². The minimum atomic E-state index is -4.81. The Morgan fingerprint density at radius 1 is 1.10 bits per heavy atom. The lowest BCUT2D eigenvalue weighted by Gasteiger charge is -2.09. The molecule has 0 aliphatic carbocycles. The highest BCUT2D eigenvalue weighted by molar-refractivity contribution is 5.87. The van der Waals surface area contributed by atoms with Crippen LogP contribution in [0.5, 0.6) is 11.5 Å². The summed E-state index contributed by atoms with van der Waals surface area (Å²) in [7, 11) is 0. The first-order valence-corrected chi connectivity index (χ1v) is 7.74. The number of alkyl halides is 3. The molecule has 0 atom stereocenters. The number of carboxylic acid groups (broad SMARTS) is 1. The third kappa shape index (κ3) is 4.97. The summed E-state index contributed by atoms with van der Waals surface area (Å²) in [5.74, 6) is -5.10. The molecule has 2 aromatic carbocycles. The van der Waals surface area contributed by atoms with E-state index >= 15 is 0 Å². The van der Waals surface area contributed by atoms with E-state index < -0.39 is 47.6 Å². The topological polar surface area (TPSA) is 86.5 Å². The van der Waals surface area contributed by atoms with Gasteiger partial charge in [0.1, 0.15) is 18.7 Å². The zero-order valence-corrected chi connectivity index (χ0v) is 14.2. The second-order valence-corrected chi connectivity index (χ2v) is 5.51. The summed E-state index contributed by atoms with van der Waals surface area (Å²) >= 11 is 0. The number of aromatic nitrogens is 3. The van der Waals surface area contributed by atoms with Crippen molar-refractivity contribution in [3.05, 3.63) is 65.7 Å². The van der Waals surface area contributed by atoms with Crippen LogP contribution in [-0.4, -0.2) is 32.2 Å². The lowest BCUT2D eigenvalue weighted by molar-refractivity contribution is -0.274. The summed E-state index contributed by atoms with van der Waals surface area (Å²) in [6.07, 6.45) is -3.59. The van der Waals surface area contributed by atoms with Gasteiger partial charge in [0.15, 0.2) is 23.2 Å². The number of aromatic carboxylic acids is 1. The van der Waals surface area contributed by atoms with E-state index in [0.29, 0.717) is 17.8 Å². The van der Waals surface area contributed by atoms with Crippen molar-refractivity contribution in [1.29, 1.82) is 0 Å². The number of hydrogen-bond donors (Lipinski definition) is 1. The number of rotatable bonds is 6. The number of halogens is 5. The molecule has 0 amide bonds. The second-order valence-electron chi connectivity index (χ2n) is 5.51. The van der Waals surface area contributed by atoms with Crippen molar-refractivity contribution < 1.29 is 41.3 Å². The van der Waals surface area contributed by atoms with Crippen molar-refractivity contribution in [1.82, 2.24) is 14.8 Å². The van der Waals surface area contributed by atoms with Crippen LogP contribution in [0.25, 0.3) is 5.69 Å². The summed E-state index contributed by atoms with van der Waals surface area (Å²) in [6, 6.07) is 5.97. The van der Waals surface area contributed by atoms with Crippen molar-refractivity contribution in [2.45, 2.75) is 13.0 Å². The Morgan fingerprint density at radius 3 is 2.28 bits per heavy atom. The molecule has 3 aromatic rings. The lowest BCUT2D eigenvalue weighted by atomic mass is 10.2. The smallest absolute Gasteiger partial charge is 0.479 e. The van der Waals surface area contributed by atoms with Crippen molar-refractivity contribution in [2.24, 2.45) is 0 Å². The maximum absolute atomic E-state index is 13.8. The molecular weight excluding hydrogens is 405 g/mol. The zero-order valence-electron chi connectivity index (χ0n) is 14.2. The van der Waals surface area contributed by atoms with E-state index in [9.17, 15) is 26.7 Å². The van der Waals surface area contributed by atoms with Crippen molar-refractivity contribution in [3.63, 3.8) is 0 Å². The SMILES string of the molecule is O=C(O)c1cc(F)c(OCc2ncn(-c3ccc(OC(F)(F)F)cc3)n2)c(F)c1. The van der Waals surface area contributed by atoms with Crippen molar-refractivity contribution in [2.75, 3.05) is 0 Å². The Bertz CT molecular complexity index is 1010. The van der Waals surface area contributed by atoms with E-state index in [4.69, 9.17) is 9.84 Å². The number of ether oxygens (including phenoxy) is 2. The standard InChI is InChI=1S/C17H10F5N3O4/c18-12-5-9(16(26)27)6-13(19)15(12)28-7-14-23-8-25(24-14)10-1-3-11(4-2-10)29-17(20,21)22/h1-6,8H,7H2,(H,26,27). The van der Waals surface area contributed by atoms with Crippen molar-refractivity contribution in [3.8, 4) is 17.2 Å². The first-order chi connectivity index (χ1) is 13.6. The summed E-state index contributed by atoms with van der Waals surface area (Å²) in [5, 5.41) is 12.7. The molecule has 0 unspecified atom stereocenters. The molecule has 29 heavy (non-hydrogen) atoms. The predicted octanol–water partition coefficient (Wildman–Crippen LogP) is 3.72. The van der Waals surface area contributed by atoms with E-state index in [2.05, 4.69) is 14.8 Å². The molecule has 0 bridgehead atoms. The molecule has 7 nitrogen and oxygen atoms in total. The normalized spacial score (nSPS) is 11.3. The predicted molar refractivity (Wildman–Crippen MR) is 85.7 cm³/mol. The van der Waals surface area contributed by atoms with Crippen LogP contribution in [0.1, 0.15) is 16.2 Å². The lowest BCUT2D eigenvalue weighted by Crippen LogP contribution is -2.17. The second kappa shape index (κ2) is 7.73. The van der Waals surface area contributed by atoms with Crippen LogP contribution in [0.15, 0.2) is 42.7 Å². The van der Waals surface area contributed by atoms with Gasteiger partial charge in [-0.1, -0.05) is 0 Å². The van der Waals surface area contributed by atoms with Gasteiger partial charge in [-0.25, -0.2) is 23.2 Å². The molecule has 12 heteroatoms. The van der Waals surface area contributed by atoms with Gasteiger partial charge in [-0.2, -0.15) is 0 Å². The largest absolute Gasteiger partial charge is 0.573 e. The van der Waals surface area contributed by atoms with Gasteiger partial charge < -0.3 is 14.6 Å². The van der Waals surface area contributed by atoms with Crippen LogP contribution in [0.2, 0.25) is 0 Å². The van der Waals surface area contributed by atoms with Gasteiger partial charge in [0.25, 0.3) is 0 Å². The Hall–Kier alpha value is -3.70. The molecule has 0 saturated carbocycles. The van der Waals surface area contributed by atoms with Crippen LogP contribution < -0.4 is 9.47 Å². The quantitative estimate of drug-likeness (QED) is 0.618. The monoisotopic (exact) mass is 415 g/mol. The number of hydrogen-bond acceptors (Lipinski definition) is 5. The highest BCUT2D eigenvalue weighted by atomic mass is 19.4. The number of benzene rings is 2. The minimum Gasteiger partial charge on any atom is -0.479 e. The van der Waals surface area contributed by atoms with Crippen LogP contribution in [0.3, 0.4) is 0 Å². The van der Waals surface area contributed by atoms with E-state index in [-0.39, 0.29) is 5.82 Å². The van der Waals surface area contributed by atoms with E-state index in [1.54, 1.807) is 0 Å². The van der Waals surface area contributed by atoms with Crippen LogP contribution >= 0.6 is 0 Å². The van der Waals surface area contributed by atoms with Gasteiger partial charge in [0.2, 0.25) is 0 Å². The van der Waals surface area contributed by atoms with Crippen molar-refractivity contribution >= 4 is 5.97 Å². The Kier molecular flexibility index (Phi) is 5.35. The van der Waals surface area contributed by atoms with E-state index in [1.165, 1.54) is 23.1 Å². The molecule has 0 fully saturated rings. The molecule has 0 radical (unpaired) electrons. The van der Waals surface area contributed by atoms with Crippen LogP contribution in [0, 0.1) is 11.6 Å². The molecule has 0 saturated heterocycles. The van der Waals surface area contributed by atoms with Crippen LogP contribution in [0.4, 0.5) is 22.0 Å². The average Bonchev–Trinajstić information content (AvgIpc) is 3.09. The fraction of sp³-hybridized carbons (Fsp3) is 0.118. The van der Waals surface area contributed by atoms with E-state index in [0.717, 1.165) is 12.1 Å². The molecule has 0 aliphatic heterocycles. The Morgan fingerprint density at radius 2 is 1.72 bits per heavy atom. The zero-order chi connectivity index (χ0) is 21.2. The fourth-order valence-electron chi connectivity index (χ4n) is 2.25. The summed E-state index contributed by atoms with van der Waals surface area (Å²) in [5.41, 5.74) is -0.228. The first-order valence-electron chi connectivity index (χ1n) is 7.74. The van der Waals surface area contributed by atoms with Gasteiger partial charge in [-0.15, -0.1) is 18.3 Å². The highest BCUT2D eigenvalue weighted by Gasteiger charge is 2.31. The third-order valence-corrected chi connectivity index (χ3v) is 3.46. The van der Waals surface area contributed by atoms with Gasteiger partial charge in [0.05, 0.1) is 11.3 Å². The summed E-state index contributed by atoms with van der Waals surface area (Å²) in [4.78, 5) is 14.6. The first kappa shape index (κ1) is 20.0. The number of nitrogens with zero attached hydrogens (tertiary/aromatic N) is 3. The molecule has 0 spiro atoms. The van der Waals surface area contributed by atoms with E-state index in [1.807, 2.05) is 0 Å². The van der Waals surface area contributed by atoms with Gasteiger partial charge in [-0.05, 0) is 36.4 Å². The maximum atomic E-state index is 13.8. The maximum Gasteiger partial charge on any atom is 0.573 e. The van der Waals surface area contributed by atoms with Gasteiger partial charge in [0, 0.05) is 0 Å². The molecule has 1 N–H and O–H groups in total. The van der Waals surface area contributed by atoms with Crippen LogP contribution in [-0.2, 0) is 6.61 Å².